The summed E-state index contributed by atoms with van der Waals surface area (Å²) >= 11 is 0. The molecule has 2 rings (SSSR count). The van der Waals surface area contributed by atoms with Gasteiger partial charge in [0, 0.05) is 12.5 Å². The fraction of sp³-hybridized carbons (Fsp3) is 0.333. The van der Waals surface area contributed by atoms with Gasteiger partial charge in [0.05, 0.1) is 25.8 Å². The highest BCUT2D eigenvalue weighted by atomic mass is 16.5. The van der Waals surface area contributed by atoms with Crippen LogP contribution in [0, 0.1) is 0 Å². The average Bonchev–Trinajstić information content (AvgIpc) is 2.74. The Bertz CT molecular complexity index is 534. The number of fused-ring (bicyclic) bond motifs is 1. The highest BCUT2D eigenvalue weighted by molar-refractivity contribution is 6.02. The Kier molecular flexibility index (Phi) is 3.39. The third-order valence-electron chi connectivity index (χ3n) is 2.54. The van der Waals surface area contributed by atoms with Crippen LogP contribution in [0.15, 0.2) is 24.3 Å². The number of hydrogen-bond donors (Lipinski definition) is 0. The van der Waals surface area contributed by atoms with Crippen molar-refractivity contribution < 1.29 is 14.3 Å². The molecule has 0 N–H and O–H groups in total. The molecule has 0 atom stereocenters. The summed E-state index contributed by atoms with van der Waals surface area (Å²) in [6.07, 6.45) is 0. The van der Waals surface area contributed by atoms with E-state index in [1.54, 1.807) is 11.8 Å². The molecule has 0 bridgehead atoms. The van der Waals surface area contributed by atoms with Crippen LogP contribution in [0.1, 0.15) is 10.5 Å². The second-order valence-electron chi connectivity index (χ2n) is 3.57. The van der Waals surface area contributed by atoms with Gasteiger partial charge in [0.15, 0.2) is 5.69 Å². The first-order valence-corrected chi connectivity index (χ1v) is 5.30. The third-order valence-corrected chi connectivity index (χ3v) is 2.54. The molecule has 0 amide bonds. The molecule has 1 aromatic heterocycles. The molecule has 0 aliphatic rings. The van der Waals surface area contributed by atoms with Gasteiger partial charge in [-0.3, -0.25) is 4.68 Å². The van der Waals surface area contributed by atoms with Crippen LogP contribution in [0.25, 0.3) is 10.9 Å². The summed E-state index contributed by atoms with van der Waals surface area (Å²) in [5, 5.41) is 5.06. The van der Waals surface area contributed by atoms with E-state index in [-0.39, 0.29) is 0 Å². The van der Waals surface area contributed by atoms with Crippen LogP contribution in [-0.2, 0) is 16.0 Å². The molecule has 0 saturated heterocycles. The molecule has 0 aliphatic heterocycles. The fourth-order valence-electron chi connectivity index (χ4n) is 1.72. The molecule has 1 heterocycles. The molecule has 0 radical (unpaired) electrons. The summed E-state index contributed by atoms with van der Waals surface area (Å²) in [4.78, 5) is 11.6. The Morgan fingerprint density at radius 2 is 2.12 bits per heavy atom. The summed E-state index contributed by atoms with van der Waals surface area (Å²) in [7, 11) is 2.98. The normalized spacial score (nSPS) is 10.7. The Morgan fingerprint density at radius 1 is 1.35 bits per heavy atom. The summed E-state index contributed by atoms with van der Waals surface area (Å²) in [5.41, 5.74) is 1.25. The lowest BCUT2D eigenvalue weighted by atomic mass is 10.2. The zero-order valence-corrected chi connectivity index (χ0v) is 9.84. The molecule has 0 fully saturated rings. The van der Waals surface area contributed by atoms with Crippen molar-refractivity contribution in [1.82, 2.24) is 9.78 Å². The quantitative estimate of drug-likeness (QED) is 0.752. The molecule has 0 saturated carbocycles. The van der Waals surface area contributed by atoms with Gasteiger partial charge in [-0.2, -0.15) is 5.10 Å². The van der Waals surface area contributed by atoms with Crippen molar-refractivity contribution >= 4 is 16.9 Å². The maximum atomic E-state index is 11.6. The number of carbonyl (C=O) groups excluding carboxylic acids is 1. The van der Waals surface area contributed by atoms with Crippen molar-refractivity contribution in [3.8, 4) is 0 Å². The number of hydrogen-bond acceptors (Lipinski definition) is 4. The number of esters is 1. The summed E-state index contributed by atoms with van der Waals surface area (Å²) in [6.45, 7) is 1.15. The first kappa shape index (κ1) is 11.6. The van der Waals surface area contributed by atoms with Crippen LogP contribution in [0.5, 0.6) is 0 Å². The standard InChI is InChI=1S/C12H14N2O3/c1-16-8-7-14-10-6-4-3-5-9(10)11(13-14)12(15)17-2/h3-6H,7-8H2,1-2H3. The van der Waals surface area contributed by atoms with Crippen LogP contribution >= 0.6 is 0 Å². The number of nitrogens with zero attached hydrogens (tertiary/aromatic N) is 2. The predicted octanol–water partition coefficient (Wildman–Crippen LogP) is 1.47. The van der Waals surface area contributed by atoms with E-state index < -0.39 is 5.97 Å². The Hall–Kier alpha value is -1.88. The zero-order valence-electron chi connectivity index (χ0n) is 9.84. The largest absolute Gasteiger partial charge is 0.464 e. The van der Waals surface area contributed by atoms with E-state index >= 15 is 0 Å². The number of aromatic nitrogens is 2. The van der Waals surface area contributed by atoms with Crippen molar-refractivity contribution in [1.29, 1.82) is 0 Å². The minimum atomic E-state index is -0.419. The molecule has 2 aromatic rings. The molecule has 17 heavy (non-hydrogen) atoms. The van der Waals surface area contributed by atoms with Gasteiger partial charge in [-0.15, -0.1) is 0 Å². The monoisotopic (exact) mass is 234 g/mol. The number of methoxy groups -OCH3 is 2. The highest BCUT2D eigenvalue weighted by Gasteiger charge is 2.16. The Labute approximate surface area is 98.9 Å². The first-order chi connectivity index (χ1) is 8.27. The van der Waals surface area contributed by atoms with Crippen LogP contribution < -0.4 is 0 Å². The number of para-hydroxylation sites is 1. The van der Waals surface area contributed by atoms with Crippen molar-refractivity contribution in [2.75, 3.05) is 20.8 Å². The molecule has 5 nitrogen and oxygen atoms in total. The predicted molar refractivity (Wildman–Crippen MR) is 62.9 cm³/mol. The van der Waals surface area contributed by atoms with E-state index in [0.717, 1.165) is 10.9 Å². The second-order valence-corrected chi connectivity index (χ2v) is 3.57. The van der Waals surface area contributed by atoms with Crippen molar-refractivity contribution in [3.63, 3.8) is 0 Å². The molecule has 90 valence electrons. The van der Waals surface area contributed by atoms with E-state index in [1.165, 1.54) is 7.11 Å². The van der Waals surface area contributed by atoms with Crippen molar-refractivity contribution in [2.24, 2.45) is 0 Å². The zero-order chi connectivity index (χ0) is 12.3. The van der Waals surface area contributed by atoms with E-state index in [9.17, 15) is 4.79 Å². The third kappa shape index (κ3) is 2.14. The van der Waals surface area contributed by atoms with Gasteiger partial charge in [0.1, 0.15) is 0 Å². The lowest BCUT2D eigenvalue weighted by Gasteiger charge is -2.01. The minimum Gasteiger partial charge on any atom is -0.464 e. The van der Waals surface area contributed by atoms with Gasteiger partial charge in [0.2, 0.25) is 0 Å². The topological polar surface area (TPSA) is 53.4 Å². The van der Waals surface area contributed by atoms with Gasteiger partial charge >= 0.3 is 5.97 Å². The van der Waals surface area contributed by atoms with Gasteiger partial charge in [-0.1, -0.05) is 18.2 Å². The molecular formula is C12H14N2O3. The van der Waals surface area contributed by atoms with Gasteiger partial charge in [-0.25, -0.2) is 4.79 Å². The van der Waals surface area contributed by atoms with Crippen LogP contribution in [0.4, 0.5) is 0 Å². The van der Waals surface area contributed by atoms with Gasteiger partial charge in [0.25, 0.3) is 0 Å². The molecule has 1 aromatic carbocycles. The maximum absolute atomic E-state index is 11.6. The average molecular weight is 234 g/mol. The SMILES string of the molecule is COCCn1nc(C(=O)OC)c2ccccc21. The van der Waals surface area contributed by atoms with Crippen LogP contribution in [0.2, 0.25) is 0 Å². The lowest BCUT2D eigenvalue weighted by molar-refractivity contribution is 0.0594. The number of ether oxygens (including phenoxy) is 2. The van der Waals surface area contributed by atoms with E-state index in [4.69, 9.17) is 9.47 Å². The fourth-order valence-corrected chi connectivity index (χ4v) is 1.72. The number of carbonyl (C=O) groups is 1. The number of benzene rings is 1. The second kappa shape index (κ2) is 4.97. The van der Waals surface area contributed by atoms with Crippen LogP contribution in [-0.4, -0.2) is 36.6 Å². The highest BCUT2D eigenvalue weighted by Crippen LogP contribution is 2.18. The summed E-state index contributed by atoms with van der Waals surface area (Å²) in [5.74, 6) is -0.419. The van der Waals surface area contributed by atoms with E-state index in [0.29, 0.717) is 18.8 Å². The molecule has 5 heteroatoms. The Morgan fingerprint density at radius 3 is 2.82 bits per heavy atom. The van der Waals surface area contributed by atoms with Crippen molar-refractivity contribution in [3.05, 3.63) is 30.0 Å². The maximum Gasteiger partial charge on any atom is 0.359 e. The minimum absolute atomic E-state index is 0.346. The molecule has 0 aliphatic carbocycles. The molecular weight excluding hydrogens is 220 g/mol. The van der Waals surface area contributed by atoms with Gasteiger partial charge in [-0.05, 0) is 6.07 Å². The van der Waals surface area contributed by atoms with Crippen LogP contribution in [0.3, 0.4) is 0 Å². The smallest absolute Gasteiger partial charge is 0.359 e. The van der Waals surface area contributed by atoms with Crippen molar-refractivity contribution in [2.45, 2.75) is 6.54 Å². The summed E-state index contributed by atoms with van der Waals surface area (Å²) in [6, 6.07) is 7.56. The van der Waals surface area contributed by atoms with E-state index in [2.05, 4.69) is 5.10 Å². The Balaban J connectivity index is 2.50. The van der Waals surface area contributed by atoms with Gasteiger partial charge < -0.3 is 9.47 Å². The summed E-state index contributed by atoms with van der Waals surface area (Å²) < 4.78 is 11.5. The molecule has 0 spiro atoms. The molecule has 0 unspecified atom stereocenters. The van der Waals surface area contributed by atoms with E-state index in [1.807, 2.05) is 24.3 Å². The first-order valence-electron chi connectivity index (χ1n) is 5.30. The number of rotatable bonds is 4. The lowest BCUT2D eigenvalue weighted by Crippen LogP contribution is -2.08.